The first-order chi connectivity index (χ1) is 16.5. The number of hydrogen-bond acceptors (Lipinski definition) is 5. The first kappa shape index (κ1) is 22.8. The average Bonchev–Trinajstić information content (AvgIpc) is 3.66. The van der Waals surface area contributed by atoms with E-state index in [1.54, 1.807) is 14.2 Å². The molecule has 2 aliphatic rings. The Morgan fingerprint density at radius 3 is 1.97 bits per heavy atom. The molecule has 1 fully saturated rings. The molecule has 5 rings (SSSR count). The van der Waals surface area contributed by atoms with E-state index in [2.05, 4.69) is 51.6 Å². The number of methoxy groups -OCH3 is 2. The monoisotopic (exact) mass is 521 g/mol. The third kappa shape index (κ3) is 3.30. The third-order valence-electron chi connectivity index (χ3n) is 7.34. The normalized spacial score (nSPS) is 19.0. The van der Waals surface area contributed by atoms with Gasteiger partial charge in [-0.2, -0.15) is 0 Å². The van der Waals surface area contributed by atoms with Crippen LogP contribution < -0.4 is 14.8 Å². The molecule has 176 valence electrons. The Balaban J connectivity index is 1.85. The highest BCUT2D eigenvalue weighted by Gasteiger charge is 2.69. The fraction of sp³-hybridized carbons (Fsp3) is 0.321. The number of esters is 1. The molecule has 1 N–H and O–H groups in total. The summed E-state index contributed by atoms with van der Waals surface area (Å²) in [6.45, 7) is 2.20. The average molecular weight is 522 g/mol. The molecule has 5 nitrogen and oxygen atoms in total. The number of anilines is 1. The van der Waals surface area contributed by atoms with Crippen LogP contribution in [0.15, 0.2) is 71.2 Å². The summed E-state index contributed by atoms with van der Waals surface area (Å²) >= 11 is 3.70. The molecule has 1 saturated carbocycles. The molecule has 0 bridgehead atoms. The Morgan fingerprint density at radius 1 is 0.941 bits per heavy atom. The second-order valence-corrected chi connectivity index (χ2v) is 9.80. The van der Waals surface area contributed by atoms with Gasteiger partial charge in [0.05, 0.1) is 26.2 Å². The molecule has 1 atom stereocenters. The second kappa shape index (κ2) is 8.66. The van der Waals surface area contributed by atoms with E-state index in [4.69, 9.17) is 14.2 Å². The van der Waals surface area contributed by atoms with Gasteiger partial charge in [0.15, 0.2) is 0 Å². The van der Waals surface area contributed by atoms with Crippen LogP contribution >= 0.6 is 15.9 Å². The Kier molecular flexibility index (Phi) is 5.80. The van der Waals surface area contributed by atoms with Crippen molar-refractivity contribution in [2.45, 2.75) is 31.2 Å². The molecule has 1 aliphatic carbocycles. The number of halogens is 1. The summed E-state index contributed by atoms with van der Waals surface area (Å²) in [5.74, 6) is 1.38. The molecule has 3 aromatic carbocycles. The van der Waals surface area contributed by atoms with Crippen LogP contribution in [0.5, 0.6) is 11.5 Å². The summed E-state index contributed by atoms with van der Waals surface area (Å²) in [4.78, 5) is 13.3. The van der Waals surface area contributed by atoms with Gasteiger partial charge in [-0.05, 0) is 78.9 Å². The summed E-state index contributed by atoms with van der Waals surface area (Å²) in [5.41, 5.74) is 3.35. The van der Waals surface area contributed by atoms with Gasteiger partial charge in [0, 0.05) is 15.6 Å². The van der Waals surface area contributed by atoms with Crippen molar-refractivity contribution in [1.29, 1.82) is 0 Å². The van der Waals surface area contributed by atoms with Gasteiger partial charge in [-0.25, -0.2) is 4.79 Å². The highest BCUT2D eigenvalue weighted by Crippen LogP contribution is 2.70. The van der Waals surface area contributed by atoms with Crippen molar-refractivity contribution in [3.8, 4) is 11.5 Å². The number of ether oxygens (including phenoxy) is 3. The summed E-state index contributed by atoms with van der Waals surface area (Å²) in [5, 5.41) is 3.56. The number of hydrogen-bond donors (Lipinski definition) is 1. The van der Waals surface area contributed by atoms with Gasteiger partial charge >= 0.3 is 5.97 Å². The smallest absolute Gasteiger partial charge is 0.329 e. The lowest BCUT2D eigenvalue weighted by atomic mass is 9.55. The lowest BCUT2D eigenvalue weighted by molar-refractivity contribution is -0.146. The second-order valence-electron chi connectivity index (χ2n) is 8.88. The van der Waals surface area contributed by atoms with E-state index in [0.717, 1.165) is 51.2 Å². The van der Waals surface area contributed by atoms with Gasteiger partial charge in [0.2, 0.25) is 0 Å². The van der Waals surface area contributed by atoms with Crippen molar-refractivity contribution < 1.29 is 19.0 Å². The Hall–Kier alpha value is -2.99. The molecule has 34 heavy (non-hydrogen) atoms. The number of carbonyl (C=O) groups excluding carboxylic acids is 1. The maximum absolute atomic E-state index is 13.3. The Morgan fingerprint density at radius 2 is 1.50 bits per heavy atom. The number of rotatable bonds is 6. The molecule has 3 aromatic rings. The van der Waals surface area contributed by atoms with E-state index in [1.807, 2.05) is 43.3 Å². The minimum atomic E-state index is -0.576. The summed E-state index contributed by atoms with van der Waals surface area (Å²) in [6.07, 6.45) is 1.79. The zero-order chi connectivity index (χ0) is 23.9. The van der Waals surface area contributed by atoms with Crippen molar-refractivity contribution in [1.82, 2.24) is 0 Å². The van der Waals surface area contributed by atoms with E-state index in [-0.39, 0.29) is 11.4 Å². The predicted octanol–water partition coefficient (Wildman–Crippen LogP) is 5.94. The standard InChI is InChI=1S/C28H28BrNO4/c1-4-34-26(31)25-27(15-16-27)28(18-5-10-21(32-2)11-6-18,19-7-12-22(33-3)13-8-19)23-17-20(29)9-14-24(23)30-25/h5-14,17,25,30H,4,15-16H2,1-3H3. The first-order valence-corrected chi connectivity index (χ1v) is 12.3. The molecule has 0 amide bonds. The maximum atomic E-state index is 13.3. The zero-order valence-electron chi connectivity index (χ0n) is 19.6. The molecule has 1 unspecified atom stereocenters. The van der Waals surface area contributed by atoms with Crippen LogP contribution in [0.2, 0.25) is 0 Å². The van der Waals surface area contributed by atoms with Gasteiger partial charge in [-0.1, -0.05) is 40.2 Å². The Labute approximate surface area is 208 Å². The van der Waals surface area contributed by atoms with E-state index in [1.165, 1.54) is 0 Å². The predicted molar refractivity (Wildman–Crippen MR) is 136 cm³/mol. The number of benzene rings is 3. The molecular formula is C28H28BrNO4. The van der Waals surface area contributed by atoms with Crippen LogP contribution in [0.3, 0.4) is 0 Å². The highest BCUT2D eigenvalue weighted by atomic mass is 79.9. The van der Waals surface area contributed by atoms with Crippen molar-refractivity contribution in [2.24, 2.45) is 5.41 Å². The van der Waals surface area contributed by atoms with Gasteiger partial charge in [0.1, 0.15) is 17.5 Å². The molecule has 1 spiro atoms. The van der Waals surface area contributed by atoms with Crippen LogP contribution in [0, 0.1) is 5.41 Å². The zero-order valence-corrected chi connectivity index (χ0v) is 21.1. The number of nitrogens with one attached hydrogen (secondary N) is 1. The van der Waals surface area contributed by atoms with Gasteiger partial charge in [-0.15, -0.1) is 0 Å². The molecule has 0 radical (unpaired) electrons. The van der Waals surface area contributed by atoms with Crippen molar-refractivity contribution in [2.75, 3.05) is 26.1 Å². The van der Waals surface area contributed by atoms with Gasteiger partial charge in [-0.3, -0.25) is 0 Å². The molecule has 1 heterocycles. The molecular weight excluding hydrogens is 494 g/mol. The molecule has 0 aromatic heterocycles. The molecule has 1 aliphatic heterocycles. The van der Waals surface area contributed by atoms with Crippen molar-refractivity contribution >= 4 is 27.6 Å². The quantitative estimate of drug-likeness (QED) is 0.407. The van der Waals surface area contributed by atoms with Crippen molar-refractivity contribution in [3.05, 3.63) is 87.9 Å². The first-order valence-electron chi connectivity index (χ1n) is 11.5. The summed E-state index contributed by atoms with van der Waals surface area (Å²) in [6, 6.07) is 22.3. The Bertz CT molecular complexity index is 1150. The van der Waals surface area contributed by atoms with Crippen LogP contribution in [0.4, 0.5) is 5.69 Å². The SMILES string of the molecule is CCOC(=O)C1Nc2ccc(Br)cc2C(c2ccc(OC)cc2)(c2ccc(OC)cc2)C12CC2. The minimum absolute atomic E-state index is 0.208. The van der Waals surface area contributed by atoms with Crippen LogP contribution in [0.25, 0.3) is 0 Å². The lowest BCUT2D eigenvalue weighted by Gasteiger charge is -2.51. The summed E-state index contributed by atoms with van der Waals surface area (Å²) in [7, 11) is 3.34. The minimum Gasteiger partial charge on any atom is -0.497 e. The van der Waals surface area contributed by atoms with E-state index >= 15 is 0 Å². The lowest BCUT2D eigenvalue weighted by Crippen LogP contribution is -2.56. The van der Waals surface area contributed by atoms with E-state index in [9.17, 15) is 4.79 Å². The fourth-order valence-corrected chi connectivity index (χ4v) is 6.14. The van der Waals surface area contributed by atoms with E-state index in [0.29, 0.717) is 6.61 Å². The van der Waals surface area contributed by atoms with Gasteiger partial charge < -0.3 is 19.5 Å². The van der Waals surface area contributed by atoms with Gasteiger partial charge in [0.25, 0.3) is 0 Å². The summed E-state index contributed by atoms with van der Waals surface area (Å²) < 4.78 is 17.5. The van der Waals surface area contributed by atoms with E-state index < -0.39 is 11.5 Å². The number of carbonyl (C=O) groups is 1. The maximum Gasteiger partial charge on any atom is 0.329 e. The third-order valence-corrected chi connectivity index (χ3v) is 7.84. The van der Waals surface area contributed by atoms with Crippen LogP contribution in [-0.2, 0) is 14.9 Å². The topological polar surface area (TPSA) is 56.8 Å². The fourth-order valence-electron chi connectivity index (χ4n) is 5.77. The highest BCUT2D eigenvalue weighted by molar-refractivity contribution is 9.10. The molecule has 0 saturated heterocycles. The largest absolute Gasteiger partial charge is 0.497 e. The number of fused-ring (bicyclic) bond motifs is 1. The van der Waals surface area contributed by atoms with Crippen LogP contribution in [0.1, 0.15) is 36.5 Å². The van der Waals surface area contributed by atoms with Crippen molar-refractivity contribution in [3.63, 3.8) is 0 Å². The molecule has 6 heteroatoms. The van der Waals surface area contributed by atoms with Crippen LogP contribution in [-0.4, -0.2) is 32.8 Å².